The van der Waals surface area contributed by atoms with E-state index in [2.05, 4.69) is 0 Å². The molecular formula is C6H9NO. The Morgan fingerprint density at radius 3 is 2.50 bits per heavy atom. The highest BCUT2D eigenvalue weighted by atomic mass is 16.1. The summed E-state index contributed by atoms with van der Waals surface area (Å²) in [6.07, 6.45) is 0.385. The van der Waals surface area contributed by atoms with E-state index in [-0.39, 0.29) is 11.7 Å². The predicted octanol–water partition coefficient (Wildman–Crippen LogP) is 1.13. The van der Waals surface area contributed by atoms with Crippen LogP contribution in [0.15, 0.2) is 0 Å². The van der Waals surface area contributed by atoms with Crippen LogP contribution >= 0.6 is 0 Å². The quantitative estimate of drug-likeness (QED) is 0.535. The van der Waals surface area contributed by atoms with Gasteiger partial charge < -0.3 is 0 Å². The number of carbonyl (C=O) groups is 1. The van der Waals surface area contributed by atoms with Crippen molar-refractivity contribution < 1.29 is 4.79 Å². The highest BCUT2D eigenvalue weighted by molar-refractivity contribution is 5.75. The third-order valence-corrected chi connectivity index (χ3v) is 0.814. The molecule has 8 heavy (non-hydrogen) atoms. The van der Waals surface area contributed by atoms with Crippen LogP contribution in [0.4, 0.5) is 0 Å². The molecule has 44 valence electrons. The van der Waals surface area contributed by atoms with Gasteiger partial charge in [0.25, 0.3) is 0 Å². The van der Waals surface area contributed by atoms with Crippen LogP contribution in [0.25, 0.3) is 0 Å². The fourth-order valence-corrected chi connectivity index (χ4v) is 0.477. The standard InChI is InChI=1S/C6H9NO/c1-5(4-7)3-6(2)8/h5H,3H2,1-2H3/t5-/m1/s1. The molecular weight excluding hydrogens is 102 g/mol. The van der Waals surface area contributed by atoms with Gasteiger partial charge in [-0.3, -0.25) is 4.79 Å². The molecule has 0 fully saturated rings. The molecule has 2 nitrogen and oxygen atoms in total. The van der Waals surface area contributed by atoms with Crippen molar-refractivity contribution in [3.8, 4) is 6.07 Å². The summed E-state index contributed by atoms with van der Waals surface area (Å²) in [6.45, 7) is 3.23. The SMILES string of the molecule is CC(=O)C[C@@H](C)C#N. The van der Waals surface area contributed by atoms with Crippen LogP contribution in [0.2, 0.25) is 0 Å². The lowest BCUT2D eigenvalue weighted by Gasteiger charge is -1.92. The lowest BCUT2D eigenvalue weighted by atomic mass is 10.1. The summed E-state index contributed by atoms with van der Waals surface area (Å²) < 4.78 is 0. The van der Waals surface area contributed by atoms with Crippen molar-refractivity contribution in [1.29, 1.82) is 5.26 Å². The van der Waals surface area contributed by atoms with Gasteiger partial charge in [0, 0.05) is 6.42 Å². The van der Waals surface area contributed by atoms with Crippen molar-refractivity contribution in [2.45, 2.75) is 20.3 Å². The summed E-state index contributed by atoms with van der Waals surface area (Å²) in [5.74, 6) is -0.0356. The molecule has 0 aliphatic heterocycles. The van der Waals surface area contributed by atoms with E-state index in [1.165, 1.54) is 6.92 Å². The van der Waals surface area contributed by atoms with Crippen molar-refractivity contribution in [2.75, 3.05) is 0 Å². The second kappa shape index (κ2) is 3.20. The molecule has 0 aliphatic carbocycles. The molecule has 0 radical (unpaired) electrons. The van der Waals surface area contributed by atoms with Crippen LogP contribution < -0.4 is 0 Å². The third kappa shape index (κ3) is 3.35. The van der Waals surface area contributed by atoms with Crippen LogP contribution in [0.1, 0.15) is 20.3 Å². The number of hydrogen-bond acceptors (Lipinski definition) is 2. The zero-order chi connectivity index (χ0) is 6.57. The Morgan fingerprint density at radius 2 is 2.38 bits per heavy atom. The number of rotatable bonds is 2. The average Bonchev–Trinajstić information content (AvgIpc) is 1.65. The molecule has 2 heteroatoms. The van der Waals surface area contributed by atoms with Crippen molar-refractivity contribution in [2.24, 2.45) is 5.92 Å². The largest absolute Gasteiger partial charge is 0.300 e. The summed E-state index contributed by atoms with van der Waals surface area (Å²) in [4.78, 5) is 10.3. The first kappa shape index (κ1) is 7.16. The van der Waals surface area contributed by atoms with Crippen molar-refractivity contribution in [3.05, 3.63) is 0 Å². The van der Waals surface area contributed by atoms with Gasteiger partial charge in [-0.25, -0.2) is 0 Å². The highest BCUT2D eigenvalue weighted by Gasteiger charge is 2.00. The Balaban J connectivity index is 3.43. The molecule has 0 aromatic heterocycles. The first-order chi connectivity index (χ1) is 3.66. The summed E-state index contributed by atoms with van der Waals surface area (Å²) in [6, 6.07) is 1.98. The fourth-order valence-electron chi connectivity index (χ4n) is 0.477. The molecule has 0 bridgehead atoms. The number of nitrogens with zero attached hydrogens (tertiary/aromatic N) is 1. The Bertz CT molecular complexity index is 123. The first-order valence-corrected chi connectivity index (χ1v) is 2.56. The second-order valence-electron chi connectivity index (χ2n) is 1.94. The Labute approximate surface area is 49.1 Å². The van der Waals surface area contributed by atoms with E-state index in [1.54, 1.807) is 6.92 Å². The number of ketones is 1. The monoisotopic (exact) mass is 111 g/mol. The maximum Gasteiger partial charge on any atom is 0.131 e. The molecule has 0 spiro atoms. The zero-order valence-electron chi connectivity index (χ0n) is 5.14. The van der Waals surface area contributed by atoms with E-state index in [1.807, 2.05) is 6.07 Å². The maximum atomic E-state index is 10.3. The second-order valence-corrected chi connectivity index (χ2v) is 1.94. The Hall–Kier alpha value is -0.840. The lowest BCUT2D eigenvalue weighted by Crippen LogP contribution is -1.97. The van der Waals surface area contributed by atoms with E-state index >= 15 is 0 Å². The van der Waals surface area contributed by atoms with Gasteiger partial charge in [-0.05, 0) is 13.8 Å². The smallest absolute Gasteiger partial charge is 0.131 e. The summed E-state index contributed by atoms with van der Waals surface area (Å²) in [5, 5.41) is 8.18. The molecule has 0 saturated carbocycles. The lowest BCUT2D eigenvalue weighted by molar-refractivity contribution is -0.117. The molecule has 0 N–H and O–H groups in total. The van der Waals surface area contributed by atoms with Crippen LogP contribution in [-0.4, -0.2) is 5.78 Å². The molecule has 0 saturated heterocycles. The average molecular weight is 111 g/mol. The van der Waals surface area contributed by atoms with Gasteiger partial charge in [-0.1, -0.05) is 0 Å². The third-order valence-electron chi connectivity index (χ3n) is 0.814. The van der Waals surface area contributed by atoms with Gasteiger partial charge in [0.2, 0.25) is 0 Å². The summed E-state index contributed by atoms with van der Waals surface area (Å²) in [7, 11) is 0. The normalized spacial score (nSPS) is 12.1. The van der Waals surface area contributed by atoms with E-state index in [0.717, 1.165) is 0 Å². The minimum absolute atomic E-state index is 0.0825. The van der Waals surface area contributed by atoms with Crippen LogP contribution in [0.3, 0.4) is 0 Å². The molecule has 0 unspecified atom stereocenters. The zero-order valence-corrected chi connectivity index (χ0v) is 5.14. The summed E-state index contributed by atoms with van der Waals surface area (Å²) >= 11 is 0. The molecule has 0 aromatic carbocycles. The highest BCUT2D eigenvalue weighted by Crippen LogP contribution is 1.98. The first-order valence-electron chi connectivity index (χ1n) is 2.56. The minimum Gasteiger partial charge on any atom is -0.300 e. The van der Waals surface area contributed by atoms with Crippen molar-refractivity contribution >= 4 is 5.78 Å². The van der Waals surface area contributed by atoms with Crippen molar-refractivity contribution in [3.63, 3.8) is 0 Å². The number of carbonyl (C=O) groups excluding carboxylic acids is 1. The molecule has 0 aromatic rings. The van der Waals surface area contributed by atoms with Crippen molar-refractivity contribution in [1.82, 2.24) is 0 Å². The Morgan fingerprint density at radius 1 is 1.88 bits per heavy atom. The number of nitriles is 1. The molecule has 0 heterocycles. The van der Waals surface area contributed by atoms with Crippen LogP contribution in [-0.2, 0) is 4.79 Å². The number of Topliss-reactive ketones (excluding diaryl/α,β-unsaturated/α-hetero) is 1. The van der Waals surface area contributed by atoms with Gasteiger partial charge in [-0.2, -0.15) is 5.26 Å². The minimum atomic E-state index is -0.118. The molecule has 0 amide bonds. The van der Waals surface area contributed by atoms with Gasteiger partial charge in [0.05, 0.1) is 12.0 Å². The fraction of sp³-hybridized carbons (Fsp3) is 0.667. The van der Waals surface area contributed by atoms with E-state index < -0.39 is 0 Å². The predicted molar refractivity (Wildman–Crippen MR) is 30.1 cm³/mol. The van der Waals surface area contributed by atoms with Gasteiger partial charge in [0.15, 0.2) is 0 Å². The topological polar surface area (TPSA) is 40.9 Å². The van der Waals surface area contributed by atoms with Gasteiger partial charge >= 0.3 is 0 Å². The van der Waals surface area contributed by atoms with Crippen LogP contribution in [0.5, 0.6) is 0 Å². The van der Waals surface area contributed by atoms with E-state index in [4.69, 9.17) is 5.26 Å². The maximum absolute atomic E-state index is 10.3. The van der Waals surface area contributed by atoms with Crippen LogP contribution in [0, 0.1) is 17.2 Å². The Kier molecular flexibility index (Phi) is 2.86. The molecule has 1 atom stereocenters. The van der Waals surface area contributed by atoms with Gasteiger partial charge in [-0.15, -0.1) is 0 Å². The molecule has 0 rings (SSSR count). The number of hydrogen-bond donors (Lipinski definition) is 0. The van der Waals surface area contributed by atoms with Gasteiger partial charge in [0.1, 0.15) is 5.78 Å². The van der Waals surface area contributed by atoms with E-state index in [9.17, 15) is 4.79 Å². The van der Waals surface area contributed by atoms with E-state index in [0.29, 0.717) is 6.42 Å². The summed E-state index contributed by atoms with van der Waals surface area (Å²) in [5.41, 5.74) is 0. The molecule has 0 aliphatic rings.